The van der Waals surface area contributed by atoms with Crippen molar-refractivity contribution in [3.05, 3.63) is 33.8 Å². The fourth-order valence-electron chi connectivity index (χ4n) is 1.26. The molecule has 4 nitrogen and oxygen atoms in total. The summed E-state index contributed by atoms with van der Waals surface area (Å²) >= 11 is 1.66. The summed E-state index contributed by atoms with van der Waals surface area (Å²) < 4.78 is 0. The minimum Gasteiger partial charge on any atom is -0.344 e. The second kappa shape index (κ2) is 3.89. The van der Waals surface area contributed by atoms with E-state index in [2.05, 4.69) is 20.3 Å². The Morgan fingerprint density at radius 2 is 2.43 bits per heavy atom. The van der Waals surface area contributed by atoms with Crippen molar-refractivity contribution >= 4 is 11.3 Å². The monoisotopic (exact) mass is 208 g/mol. The van der Waals surface area contributed by atoms with E-state index >= 15 is 0 Å². The zero-order valence-corrected chi connectivity index (χ0v) is 8.77. The standard InChI is InChI=1S/C9H12N4S/c1-6-12-7(5-14-6)2-9-11-4-8(3-10)13-9/h4-5H,2-3,10H2,1H3,(H,11,13). The predicted molar refractivity (Wildman–Crippen MR) is 56.1 cm³/mol. The molecule has 0 unspecified atom stereocenters. The van der Waals surface area contributed by atoms with Crippen LogP contribution in [0.2, 0.25) is 0 Å². The summed E-state index contributed by atoms with van der Waals surface area (Å²) in [6.07, 6.45) is 2.53. The maximum atomic E-state index is 5.48. The minimum absolute atomic E-state index is 0.503. The average Bonchev–Trinajstić information content (AvgIpc) is 2.76. The third-order valence-electron chi connectivity index (χ3n) is 1.92. The fraction of sp³-hybridized carbons (Fsp3) is 0.333. The number of nitrogens with two attached hydrogens (primary N) is 1. The van der Waals surface area contributed by atoms with Gasteiger partial charge in [0.05, 0.1) is 10.7 Å². The van der Waals surface area contributed by atoms with Crippen LogP contribution in [0.3, 0.4) is 0 Å². The summed E-state index contributed by atoms with van der Waals surface area (Å²) in [4.78, 5) is 11.7. The number of aromatic nitrogens is 3. The summed E-state index contributed by atoms with van der Waals surface area (Å²) in [6, 6.07) is 0. The number of aromatic amines is 1. The second-order valence-electron chi connectivity index (χ2n) is 3.09. The van der Waals surface area contributed by atoms with Crippen molar-refractivity contribution in [1.82, 2.24) is 15.0 Å². The highest BCUT2D eigenvalue weighted by atomic mass is 32.1. The molecule has 2 heterocycles. The minimum atomic E-state index is 0.503. The number of nitrogens with one attached hydrogen (secondary N) is 1. The normalized spacial score (nSPS) is 10.7. The van der Waals surface area contributed by atoms with Gasteiger partial charge in [0.25, 0.3) is 0 Å². The third-order valence-corrected chi connectivity index (χ3v) is 2.74. The molecule has 0 saturated heterocycles. The predicted octanol–water partition coefficient (Wildman–Crippen LogP) is 1.22. The summed E-state index contributed by atoms with van der Waals surface area (Å²) in [5.41, 5.74) is 7.50. The van der Waals surface area contributed by atoms with Gasteiger partial charge in [-0.1, -0.05) is 0 Å². The molecule has 74 valence electrons. The molecule has 0 aliphatic rings. The molecule has 14 heavy (non-hydrogen) atoms. The number of H-pyrrole nitrogens is 1. The molecule has 0 spiro atoms. The molecule has 0 fully saturated rings. The quantitative estimate of drug-likeness (QED) is 0.797. The Balaban J connectivity index is 2.10. The summed E-state index contributed by atoms with van der Waals surface area (Å²) in [6.45, 7) is 2.50. The molecule has 0 radical (unpaired) electrons. The van der Waals surface area contributed by atoms with Crippen molar-refractivity contribution < 1.29 is 0 Å². The Kier molecular flexibility index (Phi) is 2.60. The van der Waals surface area contributed by atoms with Crippen LogP contribution in [0, 0.1) is 6.92 Å². The van der Waals surface area contributed by atoms with Crippen molar-refractivity contribution in [2.75, 3.05) is 0 Å². The van der Waals surface area contributed by atoms with Gasteiger partial charge >= 0.3 is 0 Å². The number of nitrogens with zero attached hydrogens (tertiary/aromatic N) is 2. The van der Waals surface area contributed by atoms with Crippen molar-refractivity contribution in [3.63, 3.8) is 0 Å². The Morgan fingerprint density at radius 3 is 3.00 bits per heavy atom. The number of thiazole rings is 1. The lowest BCUT2D eigenvalue weighted by molar-refractivity contribution is 0.949. The van der Waals surface area contributed by atoms with E-state index in [1.165, 1.54) is 0 Å². The molecule has 5 heteroatoms. The maximum absolute atomic E-state index is 5.48. The van der Waals surface area contributed by atoms with E-state index in [0.717, 1.165) is 28.6 Å². The first kappa shape index (κ1) is 9.36. The molecule has 2 rings (SSSR count). The van der Waals surface area contributed by atoms with Crippen LogP contribution >= 0.6 is 11.3 Å². The highest BCUT2D eigenvalue weighted by Gasteiger charge is 2.03. The van der Waals surface area contributed by atoms with Gasteiger partial charge in [-0.3, -0.25) is 0 Å². The number of hydrogen-bond acceptors (Lipinski definition) is 4. The van der Waals surface area contributed by atoms with Crippen LogP contribution in [0.15, 0.2) is 11.6 Å². The topological polar surface area (TPSA) is 67.6 Å². The van der Waals surface area contributed by atoms with E-state index in [-0.39, 0.29) is 0 Å². The molecular weight excluding hydrogens is 196 g/mol. The van der Waals surface area contributed by atoms with Crippen LogP contribution in [0.4, 0.5) is 0 Å². The second-order valence-corrected chi connectivity index (χ2v) is 4.16. The van der Waals surface area contributed by atoms with Gasteiger partial charge in [0.1, 0.15) is 5.82 Å². The molecule has 0 atom stereocenters. The molecule has 2 aromatic heterocycles. The Morgan fingerprint density at radius 1 is 1.57 bits per heavy atom. The molecule has 0 aliphatic carbocycles. The van der Waals surface area contributed by atoms with E-state index in [1.807, 2.05) is 6.92 Å². The van der Waals surface area contributed by atoms with E-state index < -0.39 is 0 Å². The van der Waals surface area contributed by atoms with Crippen LogP contribution in [-0.2, 0) is 13.0 Å². The number of rotatable bonds is 3. The Labute approximate surface area is 86.2 Å². The van der Waals surface area contributed by atoms with Crippen molar-refractivity contribution in [3.8, 4) is 0 Å². The smallest absolute Gasteiger partial charge is 0.112 e. The molecule has 0 saturated carbocycles. The van der Waals surface area contributed by atoms with Crippen molar-refractivity contribution in [1.29, 1.82) is 0 Å². The van der Waals surface area contributed by atoms with Crippen molar-refractivity contribution in [2.24, 2.45) is 5.73 Å². The molecule has 0 aromatic carbocycles. The molecule has 0 amide bonds. The Hall–Kier alpha value is -1.20. The summed E-state index contributed by atoms with van der Waals surface area (Å²) in [5, 5.41) is 3.14. The van der Waals surface area contributed by atoms with E-state index in [4.69, 9.17) is 5.73 Å². The van der Waals surface area contributed by atoms with Crippen LogP contribution in [0.1, 0.15) is 22.2 Å². The Bertz CT molecular complexity index is 418. The van der Waals surface area contributed by atoms with E-state index in [1.54, 1.807) is 17.5 Å². The zero-order valence-electron chi connectivity index (χ0n) is 7.95. The SMILES string of the molecule is Cc1nc(Cc2ncc(CN)[nH]2)cs1. The summed E-state index contributed by atoms with van der Waals surface area (Å²) in [5.74, 6) is 0.927. The van der Waals surface area contributed by atoms with Gasteiger partial charge in [-0.25, -0.2) is 9.97 Å². The zero-order chi connectivity index (χ0) is 9.97. The lowest BCUT2D eigenvalue weighted by Gasteiger charge is -1.91. The fourth-order valence-corrected chi connectivity index (χ4v) is 1.87. The average molecular weight is 208 g/mol. The van der Waals surface area contributed by atoms with Gasteiger partial charge in [0, 0.05) is 30.2 Å². The molecule has 0 aliphatic heterocycles. The van der Waals surface area contributed by atoms with Crippen LogP contribution in [0.25, 0.3) is 0 Å². The lowest BCUT2D eigenvalue weighted by Crippen LogP contribution is -1.97. The van der Waals surface area contributed by atoms with Gasteiger partial charge < -0.3 is 10.7 Å². The summed E-state index contributed by atoms with van der Waals surface area (Å²) in [7, 11) is 0. The van der Waals surface area contributed by atoms with E-state index in [0.29, 0.717) is 6.54 Å². The highest BCUT2D eigenvalue weighted by molar-refractivity contribution is 7.09. The van der Waals surface area contributed by atoms with Gasteiger partial charge in [0.2, 0.25) is 0 Å². The maximum Gasteiger partial charge on any atom is 0.112 e. The molecule has 0 bridgehead atoms. The number of hydrogen-bond donors (Lipinski definition) is 2. The third kappa shape index (κ3) is 2.00. The van der Waals surface area contributed by atoms with Crippen LogP contribution in [0.5, 0.6) is 0 Å². The van der Waals surface area contributed by atoms with Crippen molar-refractivity contribution in [2.45, 2.75) is 19.9 Å². The first-order chi connectivity index (χ1) is 6.78. The lowest BCUT2D eigenvalue weighted by atomic mass is 10.3. The van der Waals surface area contributed by atoms with Crippen LogP contribution < -0.4 is 5.73 Å². The number of aryl methyl sites for hydroxylation is 1. The van der Waals surface area contributed by atoms with Gasteiger partial charge in [0.15, 0.2) is 0 Å². The van der Waals surface area contributed by atoms with Gasteiger partial charge in [-0.2, -0.15) is 0 Å². The first-order valence-electron chi connectivity index (χ1n) is 4.42. The molecule has 3 N–H and O–H groups in total. The van der Waals surface area contributed by atoms with E-state index in [9.17, 15) is 0 Å². The molecule has 2 aromatic rings. The first-order valence-corrected chi connectivity index (χ1v) is 5.29. The van der Waals surface area contributed by atoms with Gasteiger partial charge in [-0.05, 0) is 6.92 Å². The molecular formula is C9H12N4S. The highest BCUT2D eigenvalue weighted by Crippen LogP contribution is 2.11. The van der Waals surface area contributed by atoms with Gasteiger partial charge in [-0.15, -0.1) is 11.3 Å². The largest absolute Gasteiger partial charge is 0.344 e. The van der Waals surface area contributed by atoms with Crippen LogP contribution in [-0.4, -0.2) is 15.0 Å². The number of imidazole rings is 1.